The minimum atomic E-state index is -0.334. The standard InChI is InChI=1S/C9H7ClFNS/c10-4-6-3-5-1-2-7(12)8(11)9(5)13-6/h1-3H,4,12H2. The van der Waals surface area contributed by atoms with Crippen LogP contribution < -0.4 is 5.73 Å². The van der Waals surface area contributed by atoms with E-state index in [9.17, 15) is 4.39 Å². The van der Waals surface area contributed by atoms with Gasteiger partial charge in [0.15, 0.2) is 5.82 Å². The molecule has 0 fully saturated rings. The van der Waals surface area contributed by atoms with Crippen molar-refractivity contribution in [1.82, 2.24) is 0 Å². The van der Waals surface area contributed by atoms with Crippen LogP contribution in [0.2, 0.25) is 0 Å². The zero-order valence-corrected chi connectivity index (χ0v) is 8.25. The summed E-state index contributed by atoms with van der Waals surface area (Å²) in [4.78, 5) is 0.959. The van der Waals surface area contributed by atoms with Gasteiger partial charge in [0.25, 0.3) is 0 Å². The number of anilines is 1. The van der Waals surface area contributed by atoms with Crippen LogP contribution in [0.15, 0.2) is 18.2 Å². The molecule has 13 heavy (non-hydrogen) atoms. The molecule has 2 N–H and O–H groups in total. The molecule has 2 aromatic rings. The monoisotopic (exact) mass is 215 g/mol. The van der Waals surface area contributed by atoms with Crippen molar-refractivity contribution in [2.45, 2.75) is 5.88 Å². The average Bonchev–Trinajstić information content (AvgIpc) is 2.55. The second-order valence-corrected chi connectivity index (χ2v) is 4.14. The molecule has 68 valence electrons. The number of nitrogen functional groups attached to an aromatic ring is 1. The lowest BCUT2D eigenvalue weighted by atomic mass is 10.2. The van der Waals surface area contributed by atoms with Gasteiger partial charge in [-0.25, -0.2) is 4.39 Å². The predicted octanol–water partition coefficient (Wildman–Crippen LogP) is 3.36. The second-order valence-electron chi connectivity index (χ2n) is 2.73. The van der Waals surface area contributed by atoms with Crippen molar-refractivity contribution in [2.24, 2.45) is 0 Å². The van der Waals surface area contributed by atoms with E-state index in [0.29, 0.717) is 10.6 Å². The predicted molar refractivity (Wildman–Crippen MR) is 55.8 cm³/mol. The fraction of sp³-hybridized carbons (Fsp3) is 0.111. The molecule has 1 heterocycles. The van der Waals surface area contributed by atoms with E-state index in [4.69, 9.17) is 17.3 Å². The van der Waals surface area contributed by atoms with Gasteiger partial charge in [-0.1, -0.05) is 6.07 Å². The molecule has 0 atom stereocenters. The first-order valence-electron chi connectivity index (χ1n) is 3.74. The van der Waals surface area contributed by atoms with Crippen molar-refractivity contribution in [3.05, 3.63) is 28.9 Å². The van der Waals surface area contributed by atoms with Crippen LogP contribution in [0, 0.1) is 5.82 Å². The van der Waals surface area contributed by atoms with E-state index in [0.717, 1.165) is 10.3 Å². The number of hydrogen-bond acceptors (Lipinski definition) is 2. The van der Waals surface area contributed by atoms with E-state index in [1.54, 1.807) is 12.1 Å². The third kappa shape index (κ3) is 1.38. The van der Waals surface area contributed by atoms with Crippen molar-refractivity contribution in [1.29, 1.82) is 0 Å². The number of benzene rings is 1. The fourth-order valence-electron chi connectivity index (χ4n) is 1.20. The molecule has 0 saturated heterocycles. The number of fused-ring (bicyclic) bond motifs is 1. The van der Waals surface area contributed by atoms with Gasteiger partial charge in [0.05, 0.1) is 16.3 Å². The smallest absolute Gasteiger partial charge is 0.163 e. The summed E-state index contributed by atoms with van der Waals surface area (Å²) in [6.07, 6.45) is 0. The zero-order chi connectivity index (χ0) is 9.42. The van der Waals surface area contributed by atoms with E-state index in [2.05, 4.69) is 0 Å². The largest absolute Gasteiger partial charge is 0.396 e. The molecule has 0 amide bonds. The highest BCUT2D eigenvalue weighted by molar-refractivity contribution is 7.19. The van der Waals surface area contributed by atoms with Crippen molar-refractivity contribution in [3.63, 3.8) is 0 Å². The maximum atomic E-state index is 13.4. The number of thiophene rings is 1. The number of nitrogens with two attached hydrogens (primary N) is 1. The highest BCUT2D eigenvalue weighted by Gasteiger charge is 2.08. The van der Waals surface area contributed by atoms with E-state index < -0.39 is 0 Å². The van der Waals surface area contributed by atoms with Crippen LogP contribution in [0.25, 0.3) is 10.1 Å². The van der Waals surface area contributed by atoms with Crippen molar-refractivity contribution >= 4 is 38.7 Å². The van der Waals surface area contributed by atoms with Gasteiger partial charge in [-0.15, -0.1) is 22.9 Å². The van der Waals surface area contributed by atoms with E-state index in [1.807, 2.05) is 6.07 Å². The Hall–Kier alpha value is -0.800. The summed E-state index contributed by atoms with van der Waals surface area (Å²) in [5.74, 6) is 0.0810. The minimum absolute atomic E-state index is 0.190. The van der Waals surface area contributed by atoms with Crippen molar-refractivity contribution in [2.75, 3.05) is 5.73 Å². The highest BCUT2D eigenvalue weighted by Crippen LogP contribution is 2.31. The number of alkyl halides is 1. The topological polar surface area (TPSA) is 26.0 Å². The van der Waals surface area contributed by atoms with Gasteiger partial charge in [0.1, 0.15) is 0 Å². The van der Waals surface area contributed by atoms with Gasteiger partial charge < -0.3 is 5.73 Å². The molecule has 0 aliphatic carbocycles. The fourth-order valence-corrected chi connectivity index (χ4v) is 2.40. The molecular formula is C9H7ClFNS. The quantitative estimate of drug-likeness (QED) is 0.573. The van der Waals surface area contributed by atoms with Crippen LogP contribution in [0.1, 0.15) is 4.88 Å². The van der Waals surface area contributed by atoms with Gasteiger partial charge in [-0.2, -0.15) is 0 Å². The molecule has 0 saturated carbocycles. The molecule has 0 aliphatic rings. The lowest BCUT2D eigenvalue weighted by molar-refractivity contribution is 0.646. The third-order valence-corrected chi connectivity index (χ3v) is 3.43. The van der Waals surface area contributed by atoms with Gasteiger partial charge >= 0.3 is 0 Å². The lowest BCUT2D eigenvalue weighted by Gasteiger charge is -1.95. The van der Waals surface area contributed by atoms with Crippen molar-refractivity contribution < 1.29 is 4.39 Å². The van der Waals surface area contributed by atoms with Crippen LogP contribution in [-0.4, -0.2) is 0 Å². The number of halogens is 2. The molecule has 0 radical (unpaired) electrons. The molecule has 0 spiro atoms. The Morgan fingerprint density at radius 1 is 1.46 bits per heavy atom. The molecule has 0 aliphatic heterocycles. The molecule has 1 aromatic heterocycles. The first-order chi connectivity index (χ1) is 6.22. The molecule has 0 bridgehead atoms. The highest BCUT2D eigenvalue weighted by atomic mass is 35.5. The van der Waals surface area contributed by atoms with E-state index in [1.165, 1.54) is 11.3 Å². The molecule has 4 heteroatoms. The summed E-state index contributed by atoms with van der Waals surface area (Å²) in [7, 11) is 0. The van der Waals surface area contributed by atoms with Gasteiger partial charge in [0, 0.05) is 4.88 Å². The third-order valence-electron chi connectivity index (χ3n) is 1.84. The Morgan fingerprint density at radius 3 is 2.92 bits per heavy atom. The Bertz CT molecular complexity index is 452. The molecule has 2 rings (SSSR count). The normalized spacial score (nSPS) is 10.9. The first kappa shape index (κ1) is 8.78. The Balaban J connectivity index is 2.76. The van der Waals surface area contributed by atoms with Crippen LogP contribution in [0.4, 0.5) is 10.1 Å². The number of hydrogen-bond donors (Lipinski definition) is 1. The Labute approximate surface area is 83.9 Å². The summed E-state index contributed by atoms with van der Waals surface area (Å²) >= 11 is 7.00. The molecular weight excluding hydrogens is 209 g/mol. The van der Waals surface area contributed by atoms with Crippen molar-refractivity contribution in [3.8, 4) is 0 Å². The summed E-state index contributed by atoms with van der Waals surface area (Å²) in [6, 6.07) is 5.26. The summed E-state index contributed by atoms with van der Waals surface area (Å²) in [6.45, 7) is 0. The van der Waals surface area contributed by atoms with Gasteiger partial charge in [-0.3, -0.25) is 0 Å². The van der Waals surface area contributed by atoms with E-state index in [-0.39, 0.29) is 11.5 Å². The zero-order valence-electron chi connectivity index (χ0n) is 6.68. The summed E-state index contributed by atoms with van der Waals surface area (Å²) in [5.41, 5.74) is 5.63. The molecule has 0 unspecified atom stereocenters. The lowest BCUT2D eigenvalue weighted by Crippen LogP contribution is -1.88. The first-order valence-corrected chi connectivity index (χ1v) is 5.10. The second kappa shape index (κ2) is 3.16. The summed E-state index contributed by atoms with van der Waals surface area (Å²) < 4.78 is 14.0. The van der Waals surface area contributed by atoms with Gasteiger partial charge in [0.2, 0.25) is 0 Å². The van der Waals surface area contributed by atoms with E-state index >= 15 is 0 Å². The molecule has 1 nitrogen and oxygen atoms in total. The van der Waals surface area contributed by atoms with Crippen LogP contribution in [0.5, 0.6) is 0 Å². The minimum Gasteiger partial charge on any atom is -0.396 e. The maximum Gasteiger partial charge on any atom is 0.163 e. The number of rotatable bonds is 1. The van der Waals surface area contributed by atoms with Crippen LogP contribution >= 0.6 is 22.9 Å². The Kier molecular flexibility index (Phi) is 2.14. The summed E-state index contributed by atoms with van der Waals surface area (Å²) in [5, 5.41) is 0.868. The van der Waals surface area contributed by atoms with Crippen LogP contribution in [-0.2, 0) is 5.88 Å². The van der Waals surface area contributed by atoms with Gasteiger partial charge in [-0.05, 0) is 17.5 Å². The maximum absolute atomic E-state index is 13.4. The average molecular weight is 216 g/mol. The molecule has 1 aromatic carbocycles. The van der Waals surface area contributed by atoms with Crippen LogP contribution in [0.3, 0.4) is 0 Å². The SMILES string of the molecule is Nc1ccc2cc(CCl)sc2c1F. The Morgan fingerprint density at radius 2 is 2.23 bits per heavy atom.